The Hall–Kier alpha value is -0.830. The van der Waals surface area contributed by atoms with Crippen LogP contribution in [0.4, 0.5) is 0 Å². The maximum absolute atomic E-state index is 11.9. The molecule has 0 radical (unpaired) electrons. The number of esters is 1. The van der Waals surface area contributed by atoms with Gasteiger partial charge < -0.3 is 9.84 Å². The summed E-state index contributed by atoms with van der Waals surface area (Å²) in [6, 6.07) is 0. The van der Waals surface area contributed by atoms with Crippen LogP contribution in [0.2, 0.25) is 0 Å². The number of carbonyl (C=O) groups is 1. The van der Waals surface area contributed by atoms with Crippen LogP contribution in [0.3, 0.4) is 0 Å². The highest BCUT2D eigenvalue weighted by molar-refractivity contribution is 5.72. The molecule has 1 unspecified atom stereocenters. The molecule has 3 heteroatoms. The molecule has 3 fully saturated rings. The summed E-state index contributed by atoms with van der Waals surface area (Å²) in [6.45, 7) is 3.92. The number of aliphatic hydroxyl groups is 1. The molecule has 0 saturated heterocycles. The third-order valence-electron chi connectivity index (χ3n) is 8.92. The van der Waals surface area contributed by atoms with Crippen molar-refractivity contribution in [3.63, 3.8) is 0 Å². The molecule has 0 heterocycles. The zero-order chi connectivity index (χ0) is 22.8. The van der Waals surface area contributed by atoms with E-state index in [9.17, 15) is 4.79 Å². The normalized spacial score (nSPS) is 35.0. The minimum atomic E-state index is -0.399. The smallest absolute Gasteiger partial charge is 0.311 e. The topological polar surface area (TPSA) is 46.5 Å². The maximum Gasteiger partial charge on any atom is 0.311 e. The molecule has 3 saturated carbocycles. The van der Waals surface area contributed by atoms with E-state index in [1.54, 1.807) is 6.92 Å². The fourth-order valence-electron chi connectivity index (χ4n) is 6.51. The zero-order valence-electron chi connectivity index (χ0n) is 21.0. The van der Waals surface area contributed by atoms with Crippen LogP contribution < -0.4 is 0 Å². The Kier molecular flexibility index (Phi) is 11.1. The molecular weight excluding hydrogens is 396 g/mol. The van der Waals surface area contributed by atoms with E-state index < -0.39 is 5.92 Å². The van der Waals surface area contributed by atoms with Gasteiger partial charge in [0.2, 0.25) is 0 Å². The summed E-state index contributed by atoms with van der Waals surface area (Å²) >= 11 is 0. The average molecular weight is 447 g/mol. The van der Waals surface area contributed by atoms with Gasteiger partial charge in [-0.15, -0.1) is 0 Å². The lowest BCUT2D eigenvalue weighted by atomic mass is 9.68. The van der Waals surface area contributed by atoms with Crippen molar-refractivity contribution in [2.45, 2.75) is 123 Å². The molecular formula is C29H50O3. The van der Waals surface area contributed by atoms with Crippen molar-refractivity contribution < 1.29 is 14.6 Å². The Labute approximate surface area is 197 Å². The van der Waals surface area contributed by atoms with Crippen molar-refractivity contribution in [1.29, 1.82) is 0 Å². The van der Waals surface area contributed by atoms with Gasteiger partial charge in [-0.3, -0.25) is 4.79 Å². The molecule has 0 aromatic rings. The van der Waals surface area contributed by atoms with Gasteiger partial charge in [-0.25, -0.2) is 0 Å². The predicted octanol–water partition coefficient (Wildman–Crippen LogP) is 7.47. The van der Waals surface area contributed by atoms with Crippen molar-refractivity contribution in [2.24, 2.45) is 35.5 Å². The standard InChI is InChI=1S/C29H50O3/c1-3-4-5-6-23-9-15-26(16-10-23)27-17-11-24(12-18-27)7-8-25-13-19-28(20-14-25)32-29(31)22(2)21-30/h7-8,22-28,30H,3-6,9-21H2,1-2H3/b8-7+. The molecule has 1 atom stereocenters. The molecule has 3 aliphatic carbocycles. The molecule has 0 bridgehead atoms. The average Bonchev–Trinajstić information content (AvgIpc) is 2.84. The third kappa shape index (κ3) is 8.19. The number of unbranched alkanes of at least 4 members (excludes halogenated alkanes) is 2. The van der Waals surface area contributed by atoms with E-state index in [4.69, 9.17) is 9.84 Å². The maximum atomic E-state index is 11.9. The predicted molar refractivity (Wildman–Crippen MR) is 132 cm³/mol. The Bertz CT molecular complexity index is 547. The molecule has 0 aromatic heterocycles. The van der Waals surface area contributed by atoms with Crippen LogP contribution in [0, 0.1) is 35.5 Å². The van der Waals surface area contributed by atoms with Gasteiger partial charge >= 0.3 is 5.97 Å². The van der Waals surface area contributed by atoms with Crippen LogP contribution in [0.25, 0.3) is 0 Å². The van der Waals surface area contributed by atoms with E-state index in [0.717, 1.165) is 49.4 Å². The van der Waals surface area contributed by atoms with Crippen molar-refractivity contribution in [3.05, 3.63) is 12.2 Å². The fourth-order valence-corrected chi connectivity index (χ4v) is 6.51. The van der Waals surface area contributed by atoms with Crippen LogP contribution in [0.1, 0.15) is 117 Å². The second-order valence-corrected chi connectivity index (χ2v) is 11.4. The minimum absolute atomic E-state index is 0.0540. The van der Waals surface area contributed by atoms with Gasteiger partial charge in [0, 0.05) is 0 Å². The number of allylic oxidation sites excluding steroid dienone is 2. The fraction of sp³-hybridized carbons (Fsp3) is 0.897. The Balaban J connectivity index is 1.29. The summed E-state index contributed by atoms with van der Waals surface area (Å²) in [5, 5.41) is 9.10. The second-order valence-electron chi connectivity index (χ2n) is 11.4. The molecule has 0 spiro atoms. The third-order valence-corrected chi connectivity index (χ3v) is 8.92. The minimum Gasteiger partial charge on any atom is -0.462 e. The molecule has 3 aliphatic rings. The van der Waals surface area contributed by atoms with Crippen LogP contribution in [-0.4, -0.2) is 23.8 Å². The van der Waals surface area contributed by atoms with Crippen LogP contribution in [-0.2, 0) is 9.53 Å². The second kappa shape index (κ2) is 13.8. The molecule has 184 valence electrons. The number of aliphatic hydroxyl groups excluding tert-OH is 1. The molecule has 0 aliphatic heterocycles. The lowest BCUT2D eigenvalue weighted by molar-refractivity contribution is -0.156. The molecule has 0 amide bonds. The summed E-state index contributed by atoms with van der Waals surface area (Å²) in [4.78, 5) is 11.9. The lowest BCUT2D eigenvalue weighted by Gasteiger charge is -2.37. The van der Waals surface area contributed by atoms with E-state index in [1.807, 2.05) is 0 Å². The highest BCUT2D eigenvalue weighted by Gasteiger charge is 2.30. The van der Waals surface area contributed by atoms with Gasteiger partial charge in [-0.2, -0.15) is 0 Å². The van der Waals surface area contributed by atoms with E-state index >= 15 is 0 Å². The summed E-state index contributed by atoms with van der Waals surface area (Å²) in [5.74, 6) is 3.86. The highest BCUT2D eigenvalue weighted by atomic mass is 16.5. The summed E-state index contributed by atoms with van der Waals surface area (Å²) in [5.41, 5.74) is 0. The summed E-state index contributed by atoms with van der Waals surface area (Å²) in [6.07, 6.45) is 26.7. The summed E-state index contributed by atoms with van der Waals surface area (Å²) in [7, 11) is 0. The van der Waals surface area contributed by atoms with Gasteiger partial charge in [-0.05, 0) is 101 Å². The Morgan fingerprint density at radius 2 is 1.38 bits per heavy atom. The monoisotopic (exact) mass is 446 g/mol. The van der Waals surface area contributed by atoms with E-state index in [2.05, 4.69) is 19.1 Å². The van der Waals surface area contributed by atoms with Crippen molar-refractivity contribution in [1.82, 2.24) is 0 Å². The van der Waals surface area contributed by atoms with E-state index in [-0.39, 0.29) is 18.7 Å². The SMILES string of the molecule is CCCCCC1CCC(C2CCC(/C=C/C3CCC(OC(=O)C(C)CO)CC3)CC2)CC1. The van der Waals surface area contributed by atoms with Crippen molar-refractivity contribution in [2.75, 3.05) is 6.61 Å². The summed E-state index contributed by atoms with van der Waals surface area (Å²) < 4.78 is 5.56. The molecule has 3 nitrogen and oxygen atoms in total. The van der Waals surface area contributed by atoms with Gasteiger partial charge in [0.05, 0.1) is 12.5 Å². The van der Waals surface area contributed by atoms with Gasteiger partial charge in [0.25, 0.3) is 0 Å². The number of ether oxygens (including phenoxy) is 1. The molecule has 32 heavy (non-hydrogen) atoms. The first-order chi connectivity index (χ1) is 15.6. The van der Waals surface area contributed by atoms with E-state index in [1.165, 1.54) is 77.0 Å². The quantitative estimate of drug-likeness (QED) is 0.215. The highest BCUT2D eigenvalue weighted by Crippen LogP contribution is 2.42. The first kappa shape index (κ1) is 25.8. The van der Waals surface area contributed by atoms with E-state index in [0.29, 0.717) is 5.92 Å². The zero-order valence-corrected chi connectivity index (χ0v) is 21.0. The first-order valence-corrected chi connectivity index (χ1v) is 14.1. The Morgan fingerprint density at radius 1 is 0.844 bits per heavy atom. The largest absolute Gasteiger partial charge is 0.462 e. The number of rotatable bonds is 10. The van der Waals surface area contributed by atoms with Gasteiger partial charge in [0.15, 0.2) is 0 Å². The van der Waals surface area contributed by atoms with Crippen LogP contribution in [0.5, 0.6) is 0 Å². The number of hydrogen-bond acceptors (Lipinski definition) is 3. The Morgan fingerprint density at radius 3 is 1.91 bits per heavy atom. The van der Waals surface area contributed by atoms with Crippen LogP contribution >= 0.6 is 0 Å². The molecule has 0 aromatic carbocycles. The van der Waals surface area contributed by atoms with Gasteiger partial charge in [-0.1, -0.05) is 57.6 Å². The first-order valence-electron chi connectivity index (χ1n) is 14.1. The molecule has 1 N–H and O–H groups in total. The van der Waals surface area contributed by atoms with Crippen molar-refractivity contribution in [3.8, 4) is 0 Å². The lowest BCUT2D eigenvalue weighted by Crippen LogP contribution is -2.28. The number of carbonyl (C=O) groups excluding carboxylic acids is 1. The van der Waals surface area contributed by atoms with Crippen molar-refractivity contribution >= 4 is 5.97 Å². The number of hydrogen-bond donors (Lipinski definition) is 1. The van der Waals surface area contributed by atoms with Gasteiger partial charge in [0.1, 0.15) is 6.10 Å². The molecule has 3 rings (SSSR count). The van der Waals surface area contributed by atoms with Crippen LogP contribution in [0.15, 0.2) is 12.2 Å².